The molecule has 3 amide bonds. The number of nitrogens with one attached hydrogen (secondary N) is 3. The smallest absolute Gasteiger partial charge is 0.326 e. The van der Waals surface area contributed by atoms with Gasteiger partial charge in [-0.1, -0.05) is 54.0 Å². The summed E-state index contributed by atoms with van der Waals surface area (Å²) in [7, 11) is 0. The van der Waals surface area contributed by atoms with E-state index in [0.29, 0.717) is 16.9 Å². The maximum atomic E-state index is 13.3. The Hall–Kier alpha value is -4.73. The molecule has 3 aromatic carbocycles. The van der Waals surface area contributed by atoms with Gasteiger partial charge in [-0.15, -0.1) is 0 Å². The van der Waals surface area contributed by atoms with Gasteiger partial charge in [-0.2, -0.15) is 0 Å². The number of anilines is 3. The molecule has 0 bridgehead atoms. The number of nitrogens with two attached hydrogens (primary N) is 2. The second kappa shape index (κ2) is 12.7. The van der Waals surface area contributed by atoms with E-state index < -0.39 is 11.9 Å². The Morgan fingerprint density at radius 1 is 1.00 bits per heavy atom. The number of hydrogen-bond donors (Lipinski definition) is 5. The van der Waals surface area contributed by atoms with Crippen LogP contribution in [-0.4, -0.2) is 17.9 Å². The minimum Gasteiger partial charge on any atom is -0.399 e. The van der Waals surface area contributed by atoms with Crippen molar-refractivity contribution in [2.75, 3.05) is 16.0 Å². The molecule has 0 unspecified atom stereocenters. The highest BCUT2D eigenvalue weighted by molar-refractivity contribution is 6.05. The van der Waals surface area contributed by atoms with Crippen LogP contribution in [0.4, 0.5) is 21.9 Å². The van der Waals surface area contributed by atoms with Crippen LogP contribution in [-0.2, 0) is 13.0 Å². The molecule has 0 fully saturated rings. The molecular weight excluding hydrogens is 456 g/mol. The van der Waals surface area contributed by atoms with Crippen molar-refractivity contribution >= 4 is 35.0 Å². The van der Waals surface area contributed by atoms with Gasteiger partial charge in [0.25, 0.3) is 5.91 Å². The van der Waals surface area contributed by atoms with E-state index >= 15 is 0 Å². The first kappa shape index (κ1) is 25.9. The molecule has 0 aliphatic carbocycles. The summed E-state index contributed by atoms with van der Waals surface area (Å²) >= 11 is 0. The molecule has 0 aliphatic rings. The van der Waals surface area contributed by atoms with Crippen molar-refractivity contribution in [3.8, 4) is 0 Å². The molecule has 0 radical (unpaired) electrons. The van der Waals surface area contributed by atoms with Crippen molar-refractivity contribution in [1.29, 1.82) is 5.41 Å². The minimum atomic E-state index is -0.516. The molecule has 0 saturated heterocycles. The number of hydrogen-bond acceptors (Lipinski definition) is 5. The predicted molar refractivity (Wildman–Crippen MR) is 142 cm³/mol. The number of nitrogen functional groups attached to an aromatic ring is 1. The van der Waals surface area contributed by atoms with Gasteiger partial charge in [-0.05, 0) is 66.4 Å². The third kappa shape index (κ3) is 7.39. The molecule has 0 aliphatic heterocycles. The molecule has 7 N–H and O–H groups in total. The van der Waals surface area contributed by atoms with Crippen molar-refractivity contribution < 1.29 is 9.59 Å². The first-order chi connectivity index (χ1) is 17.4. The van der Waals surface area contributed by atoms with Gasteiger partial charge in [-0.3, -0.25) is 20.4 Å². The highest BCUT2D eigenvalue weighted by Gasteiger charge is 2.17. The van der Waals surface area contributed by atoms with Crippen LogP contribution in [0, 0.1) is 5.41 Å². The molecule has 186 valence electrons. The number of benzene rings is 3. The van der Waals surface area contributed by atoms with Gasteiger partial charge < -0.3 is 16.9 Å². The normalized spacial score (nSPS) is 10.7. The molecule has 3 aromatic rings. The zero-order valence-corrected chi connectivity index (χ0v) is 20.1. The second-order valence-corrected chi connectivity index (χ2v) is 8.13. The zero-order chi connectivity index (χ0) is 25.9. The summed E-state index contributed by atoms with van der Waals surface area (Å²) in [5.41, 5.74) is 10.1. The van der Waals surface area contributed by atoms with Crippen LogP contribution in [0.2, 0.25) is 0 Å². The van der Waals surface area contributed by atoms with Crippen molar-refractivity contribution in [1.82, 2.24) is 5.32 Å². The summed E-state index contributed by atoms with van der Waals surface area (Å²) in [5.74, 6) is 3.91. The van der Waals surface area contributed by atoms with E-state index in [1.54, 1.807) is 53.4 Å². The molecule has 0 saturated carbocycles. The third-order valence-corrected chi connectivity index (χ3v) is 5.40. The molecule has 10 heteroatoms. The van der Waals surface area contributed by atoms with Crippen LogP contribution in [0.5, 0.6) is 0 Å². The Morgan fingerprint density at radius 3 is 2.33 bits per heavy atom. The SMILES string of the molecule is CCCCc1ccc(N(Cc2ccc(C(=O)NC(=N)/N=N\N)cc2)C(=O)Nc2cccc(N)c2)cc1. The molecule has 0 spiro atoms. The quantitative estimate of drug-likeness (QED) is 0.0769. The van der Waals surface area contributed by atoms with Gasteiger partial charge >= 0.3 is 6.03 Å². The minimum absolute atomic E-state index is 0.265. The average Bonchev–Trinajstić information content (AvgIpc) is 2.87. The lowest BCUT2D eigenvalue weighted by Gasteiger charge is -2.24. The number of amides is 3. The van der Waals surface area contributed by atoms with E-state index in [-0.39, 0.29) is 12.6 Å². The standard InChI is InChI=1S/C26H30N8O2/c1-2-3-5-18-10-14-23(15-11-18)34(26(36)30-22-7-4-6-21(27)16-22)17-19-8-12-20(13-9-19)24(35)31-25(28)32-33-29/h4,6-16H,2-3,5,17,27H2,1H3,(H,30,36)(H4,28,29,31,32,35). The molecule has 3 rings (SSSR count). The van der Waals surface area contributed by atoms with E-state index in [9.17, 15) is 9.59 Å². The average molecular weight is 487 g/mol. The van der Waals surface area contributed by atoms with Crippen molar-refractivity contribution in [3.05, 3.63) is 89.5 Å². The molecule has 0 atom stereocenters. The lowest BCUT2D eigenvalue weighted by atomic mass is 10.1. The van der Waals surface area contributed by atoms with Crippen molar-refractivity contribution in [2.45, 2.75) is 32.7 Å². The molecular formula is C26H30N8O2. The third-order valence-electron chi connectivity index (χ3n) is 5.40. The summed E-state index contributed by atoms with van der Waals surface area (Å²) in [5, 5.41) is 18.9. The number of rotatable bonds is 8. The summed E-state index contributed by atoms with van der Waals surface area (Å²) in [6.45, 7) is 2.42. The highest BCUT2D eigenvalue weighted by Crippen LogP contribution is 2.22. The number of nitrogens with zero attached hydrogens (tertiary/aromatic N) is 3. The largest absolute Gasteiger partial charge is 0.399 e. The fraction of sp³-hybridized carbons (Fsp3) is 0.192. The summed E-state index contributed by atoms with van der Waals surface area (Å²) < 4.78 is 0. The molecule has 36 heavy (non-hydrogen) atoms. The van der Waals surface area contributed by atoms with Crippen molar-refractivity contribution in [3.63, 3.8) is 0 Å². The van der Waals surface area contributed by atoms with Crippen LogP contribution < -0.4 is 27.1 Å². The maximum absolute atomic E-state index is 13.3. The second-order valence-electron chi connectivity index (χ2n) is 8.13. The fourth-order valence-corrected chi connectivity index (χ4v) is 3.52. The number of aryl methyl sites for hydroxylation is 1. The lowest BCUT2D eigenvalue weighted by molar-refractivity contribution is 0.0976. The Morgan fingerprint density at radius 2 is 1.69 bits per heavy atom. The first-order valence-corrected chi connectivity index (χ1v) is 11.5. The Bertz CT molecular complexity index is 1220. The Kier molecular flexibility index (Phi) is 9.10. The first-order valence-electron chi connectivity index (χ1n) is 11.5. The fourth-order valence-electron chi connectivity index (χ4n) is 3.52. The number of carbonyl (C=O) groups excluding carboxylic acids is 2. The lowest BCUT2D eigenvalue weighted by Crippen LogP contribution is -2.34. The number of unbranched alkanes of at least 4 members (excludes halogenated alkanes) is 1. The molecule has 10 nitrogen and oxygen atoms in total. The Balaban J connectivity index is 1.80. The maximum Gasteiger partial charge on any atom is 0.326 e. The van der Waals surface area contributed by atoms with Gasteiger partial charge in [-0.25, -0.2) is 4.79 Å². The number of carbonyl (C=O) groups is 2. The summed E-state index contributed by atoms with van der Waals surface area (Å²) in [6, 6.07) is 21.3. The zero-order valence-electron chi connectivity index (χ0n) is 20.1. The van der Waals surface area contributed by atoms with Crippen LogP contribution in [0.15, 0.2) is 83.1 Å². The highest BCUT2D eigenvalue weighted by atomic mass is 16.2. The number of urea groups is 1. The summed E-state index contributed by atoms with van der Waals surface area (Å²) in [6.07, 6.45) is 3.20. The van der Waals surface area contributed by atoms with Crippen LogP contribution >= 0.6 is 0 Å². The van der Waals surface area contributed by atoms with Gasteiger partial charge in [0.05, 0.1) is 6.54 Å². The van der Waals surface area contributed by atoms with E-state index in [1.165, 1.54) is 5.56 Å². The topological polar surface area (TPSA) is 162 Å². The van der Waals surface area contributed by atoms with Gasteiger partial charge in [0.15, 0.2) is 0 Å². The summed E-state index contributed by atoms with van der Waals surface area (Å²) in [4.78, 5) is 27.2. The van der Waals surface area contributed by atoms with Crippen LogP contribution in [0.25, 0.3) is 0 Å². The van der Waals surface area contributed by atoms with E-state index in [2.05, 4.69) is 27.9 Å². The van der Waals surface area contributed by atoms with Crippen molar-refractivity contribution in [2.24, 2.45) is 16.2 Å². The molecule has 0 aromatic heterocycles. The van der Waals surface area contributed by atoms with E-state index in [4.69, 9.17) is 17.0 Å². The predicted octanol–water partition coefficient (Wildman–Crippen LogP) is 4.84. The van der Waals surface area contributed by atoms with Gasteiger partial charge in [0.2, 0.25) is 5.96 Å². The number of guanidine groups is 1. The Labute approximate surface area is 209 Å². The van der Waals surface area contributed by atoms with E-state index in [1.807, 2.05) is 24.3 Å². The van der Waals surface area contributed by atoms with Gasteiger partial charge in [0, 0.05) is 22.6 Å². The molecule has 0 heterocycles. The van der Waals surface area contributed by atoms with E-state index in [0.717, 1.165) is 30.5 Å². The van der Waals surface area contributed by atoms with Crippen LogP contribution in [0.1, 0.15) is 41.3 Å². The monoisotopic (exact) mass is 486 g/mol. The van der Waals surface area contributed by atoms with Gasteiger partial charge in [0.1, 0.15) is 0 Å². The van der Waals surface area contributed by atoms with Crippen LogP contribution in [0.3, 0.4) is 0 Å².